The van der Waals surface area contributed by atoms with E-state index in [2.05, 4.69) is 42.7 Å². The molecule has 0 fully saturated rings. The number of esters is 2. The van der Waals surface area contributed by atoms with Crippen LogP contribution in [0, 0.1) is 0 Å². The molecule has 0 rings (SSSR count). The number of unbranched alkanes of at least 4 members (excludes halogenated alkanes) is 20. The maximum atomic E-state index is 12.5. The fourth-order valence-corrected chi connectivity index (χ4v) is 6.06. The van der Waals surface area contributed by atoms with Crippen molar-refractivity contribution in [3.8, 4) is 0 Å². The van der Waals surface area contributed by atoms with E-state index in [-0.39, 0.29) is 26.1 Å². The van der Waals surface area contributed by atoms with Crippen LogP contribution < -0.4 is 0 Å². The molecule has 10 heteroatoms. The highest BCUT2D eigenvalue weighted by Gasteiger charge is 2.26. The van der Waals surface area contributed by atoms with Crippen molar-refractivity contribution in [1.29, 1.82) is 0 Å². The summed E-state index contributed by atoms with van der Waals surface area (Å²) in [5, 5.41) is 8.85. The van der Waals surface area contributed by atoms with Gasteiger partial charge in [-0.15, -0.1) is 0 Å². The lowest BCUT2D eigenvalue weighted by molar-refractivity contribution is -0.161. The minimum atomic E-state index is -4.45. The number of hydrogen-bond donors (Lipinski definition) is 2. The summed E-state index contributed by atoms with van der Waals surface area (Å²) < 4.78 is 32.4. The molecule has 0 aromatic carbocycles. The highest BCUT2D eigenvalue weighted by atomic mass is 31.2. The van der Waals surface area contributed by atoms with Crippen LogP contribution in [0.4, 0.5) is 0 Å². The molecular formula is C39H73O9P. The van der Waals surface area contributed by atoms with Gasteiger partial charge in [0.05, 0.1) is 19.8 Å². The van der Waals surface area contributed by atoms with Crippen LogP contribution in [0.1, 0.15) is 181 Å². The molecule has 0 aliphatic heterocycles. The van der Waals surface area contributed by atoms with E-state index in [1.165, 1.54) is 70.6 Å². The number of phosphoric ester groups is 1. The van der Waals surface area contributed by atoms with E-state index in [9.17, 15) is 19.0 Å². The Morgan fingerprint density at radius 2 is 0.980 bits per heavy atom. The zero-order valence-corrected chi connectivity index (χ0v) is 32.2. The molecule has 0 aliphatic carbocycles. The number of aliphatic hydroxyl groups is 1. The summed E-state index contributed by atoms with van der Waals surface area (Å²) in [7, 11) is -4.45. The minimum Gasteiger partial charge on any atom is -0.462 e. The van der Waals surface area contributed by atoms with E-state index in [0.29, 0.717) is 12.8 Å². The van der Waals surface area contributed by atoms with Crippen LogP contribution >= 0.6 is 7.82 Å². The molecule has 0 saturated carbocycles. The third-order valence-electron chi connectivity index (χ3n) is 8.28. The van der Waals surface area contributed by atoms with Crippen LogP contribution in [0.3, 0.4) is 0 Å². The van der Waals surface area contributed by atoms with Gasteiger partial charge >= 0.3 is 19.8 Å². The first-order chi connectivity index (χ1) is 23.8. The predicted molar refractivity (Wildman–Crippen MR) is 199 cm³/mol. The number of rotatable bonds is 37. The van der Waals surface area contributed by atoms with Crippen LogP contribution in [0.15, 0.2) is 24.3 Å². The average Bonchev–Trinajstić information content (AvgIpc) is 3.08. The van der Waals surface area contributed by atoms with Gasteiger partial charge in [-0.25, -0.2) is 4.57 Å². The Labute approximate surface area is 299 Å². The molecular weight excluding hydrogens is 643 g/mol. The van der Waals surface area contributed by atoms with Gasteiger partial charge in [0.15, 0.2) is 6.10 Å². The van der Waals surface area contributed by atoms with Gasteiger partial charge in [0.1, 0.15) is 6.61 Å². The smallest absolute Gasteiger partial charge is 0.462 e. The second-order valence-electron chi connectivity index (χ2n) is 13.1. The molecule has 0 heterocycles. The molecule has 2 atom stereocenters. The second kappa shape index (κ2) is 36.3. The van der Waals surface area contributed by atoms with Gasteiger partial charge in [-0.05, 0) is 64.2 Å². The SMILES string of the molecule is CCCCCCC=CCCCCCCCC(=O)OC(COC(=O)CCCCCCCC=CCCCCCCCC)COP(=O)(O)OCCO. The van der Waals surface area contributed by atoms with E-state index in [1.807, 2.05) is 0 Å². The third kappa shape index (κ3) is 36.1. The first-order valence-corrected chi connectivity index (χ1v) is 21.2. The van der Waals surface area contributed by atoms with Gasteiger partial charge in [0, 0.05) is 12.8 Å². The lowest BCUT2D eigenvalue weighted by Crippen LogP contribution is -2.29. The fraction of sp³-hybridized carbons (Fsp3) is 0.846. The highest BCUT2D eigenvalue weighted by Crippen LogP contribution is 2.43. The van der Waals surface area contributed by atoms with Crippen LogP contribution in [0.2, 0.25) is 0 Å². The number of allylic oxidation sites excluding steroid dienone is 4. The van der Waals surface area contributed by atoms with E-state index >= 15 is 0 Å². The average molecular weight is 717 g/mol. The summed E-state index contributed by atoms with van der Waals surface area (Å²) in [6.07, 6.45) is 36.1. The first-order valence-electron chi connectivity index (χ1n) is 19.7. The third-order valence-corrected chi connectivity index (χ3v) is 9.27. The Hall–Kier alpha value is -1.51. The van der Waals surface area contributed by atoms with Gasteiger partial charge in [-0.3, -0.25) is 18.6 Å². The fourth-order valence-electron chi connectivity index (χ4n) is 5.32. The summed E-state index contributed by atoms with van der Waals surface area (Å²) in [6.45, 7) is 2.89. The Bertz CT molecular complexity index is 861. The van der Waals surface area contributed by atoms with Crippen LogP contribution in [0.5, 0.6) is 0 Å². The van der Waals surface area contributed by atoms with Gasteiger partial charge in [-0.2, -0.15) is 0 Å². The van der Waals surface area contributed by atoms with Crippen LogP contribution in [0.25, 0.3) is 0 Å². The summed E-state index contributed by atoms with van der Waals surface area (Å²) >= 11 is 0. The molecule has 0 aliphatic rings. The van der Waals surface area contributed by atoms with E-state index in [1.54, 1.807) is 0 Å². The molecule has 49 heavy (non-hydrogen) atoms. The zero-order valence-electron chi connectivity index (χ0n) is 31.3. The highest BCUT2D eigenvalue weighted by molar-refractivity contribution is 7.47. The van der Waals surface area contributed by atoms with Crippen molar-refractivity contribution in [2.24, 2.45) is 0 Å². The molecule has 0 radical (unpaired) electrons. The molecule has 0 amide bonds. The standard InChI is InChI=1S/C39H73O9P/c1-3-5-7-9-11-13-15-17-18-20-21-23-25-27-29-31-38(41)45-35-37(36-47-49(43,44)46-34-33-40)48-39(42)32-30-28-26-24-22-19-16-14-12-10-8-6-4-2/h14,16-18,37,40H,3-13,15,19-36H2,1-2H3,(H,43,44). The lowest BCUT2D eigenvalue weighted by atomic mass is 10.1. The van der Waals surface area contributed by atoms with E-state index in [4.69, 9.17) is 19.1 Å². The minimum absolute atomic E-state index is 0.203. The number of ether oxygens (including phenoxy) is 2. The molecule has 288 valence electrons. The number of aliphatic hydroxyl groups excluding tert-OH is 1. The normalized spacial score (nSPS) is 13.6. The predicted octanol–water partition coefficient (Wildman–Crippen LogP) is 10.9. The van der Waals surface area contributed by atoms with Crippen molar-refractivity contribution in [2.45, 2.75) is 187 Å². The number of carbonyl (C=O) groups is 2. The summed E-state index contributed by atoms with van der Waals surface area (Å²) in [5.41, 5.74) is 0. The zero-order chi connectivity index (χ0) is 36.1. The molecule has 0 bridgehead atoms. The topological polar surface area (TPSA) is 129 Å². The molecule has 0 aromatic heterocycles. The van der Waals surface area contributed by atoms with Crippen molar-refractivity contribution in [3.63, 3.8) is 0 Å². The Morgan fingerprint density at radius 1 is 0.571 bits per heavy atom. The van der Waals surface area contributed by atoms with E-state index in [0.717, 1.165) is 70.6 Å². The van der Waals surface area contributed by atoms with E-state index < -0.39 is 39.1 Å². The molecule has 9 nitrogen and oxygen atoms in total. The largest absolute Gasteiger partial charge is 0.472 e. The second-order valence-corrected chi connectivity index (χ2v) is 14.5. The van der Waals surface area contributed by atoms with Crippen molar-refractivity contribution in [1.82, 2.24) is 0 Å². The van der Waals surface area contributed by atoms with Gasteiger partial charge in [0.25, 0.3) is 0 Å². The molecule has 0 saturated heterocycles. The lowest BCUT2D eigenvalue weighted by Gasteiger charge is -2.19. The molecule has 2 N–H and O–H groups in total. The Morgan fingerprint density at radius 3 is 1.45 bits per heavy atom. The van der Waals surface area contributed by atoms with Crippen LogP contribution in [-0.4, -0.2) is 54.5 Å². The molecule has 0 spiro atoms. The summed E-state index contributed by atoms with van der Waals surface area (Å²) in [5.74, 6) is -0.884. The van der Waals surface area contributed by atoms with Crippen molar-refractivity contribution < 1.29 is 42.7 Å². The Kier molecular flexibility index (Phi) is 35.2. The maximum absolute atomic E-state index is 12.5. The maximum Gasteiger partial charge on any atom is 0.472 e. The van der Waals surface area contributed by atoms with Gasteiger partial charge in [0.2, 0.25) is 0 Å². The van der Waals surface area contributed by atoms with Gasteiger partial charge < -0.3 is 19.5 Å². The molecule has 2 unspecified atom stereocenters. The number of phosphoric acid groups is 1. The summed E-state index contributed by atoms with van der Waals surface area (Å²) in [4.78, 5) is 34.6. The van der Waals surface area contributed by atoms with Crippen LogP contribution in [-0.2, 0) is 32.7 Å². The number of hydrogen-bond acceptors (Lipinski definition) is 8. The van der Waals surface area contributed by atoms with Crippen molar-refractivity contribution in [3.05, 3.63) is 24.3 Å². The molecule has 0 aromatic rings. The van der Waals surface area contributed by atoms with Crippen molar-refractivity contribution >= 4 is 19.8 Å². The Balaban J connectivity index is 4.22. The summed E-state index contributed by atoms with van der Waals surface area (Å²) in [6, 6.07) is 0. The first kappa shape index (κ1) is 47.5. The van der Waals surface area contributed by atoms with Gasteiger partial charge in [-0.1, -0.05) is 128 Å². The monoisotopic (exact) mass is 716 g/mol. The number of carbonyl (C=O) groups excluding carboxylic acids is 2. The quantitative estimate of drug-likeness (QED) is 0.0279. The van der Waals surface area contributed by atoms with Crippen molar-refractivity contribution in [2.75, 3.05) is 26.4 Å².